The van der Waals surface area contributed by atoms with E-state index in [1.165, 1.54) is 5.56 Å². The number of nitrogens with one attached hydrogen (secondary N) is 2. The topological polar surface area (TPSA) is 108 Å². The number of nitrogens with zero attached hydrogens (tertiary/aromatic N) is 6. The van der Waals surface area contributed by atoms with Crippen molar-refractivity contribution in [3.63, 3.8) is 0 Å². The fraction of sp³-hybridized carbons (Fsp3) is 0.419. The molecule has 4 aromatic rings. The molecule has 0 amide bonds. The van der Waals surface area contributed by atoms with Crippen molar-refractivity contribution < 1.29 is 9.30 Å². The average molecular weight is 666 g/mol. The van der Waals surface area contributed by atoms with Gasteiger partial charge in [-0.2, -0.15) is 9.97 Å². The normalized spacial score (nSPS) is 16.1. The monoisotopic (exact) mass is 664 g/mol. The zero-order valence-corrected chi connectivity index (χ0v) is 27.7. The third-order valence-electron chi connectivity index (χ3n) is 8.23. The van der Waals surface area contributed by atoms with E-state index < -0.39 is 7.14 Å². The zero-order valence-electron chi connectivity index (χ0n) is 25.3. The van der Waals surface area contributed by atoms with E-state index in [1.807, 2.05) is 24.3 Å². The van der Waals surface area contributed by atoms with Crippen LogP contribution in [0.5, 0.6) is 5.88 Å². The largest absolute Gasteiger partial charge is 0.479 e. The van der Waals surface area contributed by atoms with Crippen LogP contribution >= 0.6 is 23.1 Å². The summed E-state index contributed by atoms with van der Waals surface area (Å²) >= 11 is 3.58. The molecule has 0 bridgehead atoms. The van der Waals surface area contributed by atoms with Gasteiger partial charge in [-0.1, -0.05) is 18.2 Å². The van der Waals surface area contributed by atoms with Crippen LogP contribution in [0.3, 0.4) is 0 Å². The molecular formula is C31H38BrN8O2P. The van der Waals surface area contributed by atoms with Crippen LogP contribution in [-0.2, 0) is 4.57 Å². The maximum atomic E-state index is 13.4. The Morgan fingerprint density at radius 2 is 1.74 bits per heavy atom. The van der Waals surface area contributed by atoms with Gasteiger partial charge in [0.1, 0.15) is 24.5 Å². The van der Waals surface area contributed by atoms with Crippen LogP contribution < -0.4 is 25.6 Å². The predicted molar refractivity (Wildman–Crippen MR) is 179 cm³/mol. The van der Waals surface area contributed by atoms with E-state index in [2.05, 4.69) is 66.5 Å². The quantitative estimate of drug-likeness (QED) is 0.197. The lowest BCUT2D eigenvalue weighted by Gasteiger charge is -2.36. The highest BCUT2D eigenvalue weighted by Gasteiger charge is 2.32. The molecule has 4 heterocycles. The molecule has 0 radical (unpaired) electrons. The maximum Gasteiger partial charge on any atom is 0.239 e. The number of fused-ring (bicyclic) bond motifs is 1. The Morgan fingerprint density at radius 3 is 2.42 bits per heavy atom. The molecule has 0 spiro atoms. The van der Waals surface area contributed by atoms with Crippen molar-refractivity contribution in [1.29, 1.82) is 0 Å². The third kappa shape index (κ3) is 6.35. The summed E-state index contributed by atoms with van der Waals surface area (Å²) in [6.45, 7) is 5.49. The van der Waals surface area contributed by atoms with Crippen molar-refractivity contribution in [3.8, 4) is 5.88 Å². The van der Waals surface area contributed by atoms with E-state index in [1.54, 1.807) is 32.8 Å². The molecule has 2 aliphatic rings. The number of methoxy groups -OCH3 is 1. The molecule has 1 aliphatic heterocycles. The summed E-state index contributed by atoms with van der Waals surface area (Å²) in [5.74, 6) is 2.95. The molecule has 2 N–H and O–H groups in total. The summed E-state index contributed by atoms with van der Waals surface area (Å²) in [5, 5.41) is 8.33. The molecule has 10 nitrogen and oxygen atoms in total. The van der Waals surface area contributed by atoms with Crippen molar-refractivity contribution in [2.24, 2.45) is 0 Å². The molecule has 12 heteroatoms. The number of anilines is 5. The van der Waals surface area contributed by atoms with Crippen molar-refractivity contribution in [1.82, 2.24) is 24.8 Å². The minimum Gasteiger partial charge on any atom is -0.479 e. The van der Waals surface area contributed by atoms with Gasteiger partial charge in [0.05, 0.1) is 29.0 Å². The lowest BCUT2D eigenvalue weighted by molar-refractivity contribution is 0.249. The highest BCUT2D eigenvalue weighted by Crippen LogP contribution is 2.47. The van der Waals surface area contributed by atoms with E-state index in [4.69, 9.17) is 14.7 Å². The molecule has 1 aliphatic carbocycles. The second-order valence-electron chi connectivity index (χ2n) is 11.9. The van der Waals surface area contributed by atoms with Crippen LogP contribution in [0.1, 0.15) is 37.2 Å². The van der Waals surface area contributed by atoms with Crippen LogP contribution in [0, 0.1) is 0 Å². The highest BCUT2D eigenvalue weighted by molar-refractivity contribution is 9.10. The molecule has 3 aromatic heterocycles. The van der Waals surface area contributed by atoms with Gasteiger partial charge in [0.25, 0.3) is 0 Å². The standard InChI is InChI=1S/C31H38BrN8O2P/c1-39(2)20-12-14-40(15-13-20)29-22(19-10-11-19)16-25(30(38-29)42-3)36-31-34-17-23(32)28(37-31)35-26-18-33-24-9-7-6-8-21(24)27(26)43(4,5)41/h6-9,16-20H,10-15H2,1-5H3,(H2,34,35,36,37). The number of hydrogen-bond acceptors (Lipinski definition) is 10. The smallest absolute Gasteiger partial charge is 0.239 e. The number of piperidine rings is 1. The molecular weight excluding hydrogens is 627 g/mol. The number of aromatic nitrogens is 4. The Morgan fingerprint density at radius 1 is 1.00 bits per heavy atom. The fourth-order valence-electron chi connectivity index (χ4n) is 5.85. The number of para-hydroxylation sites is 1. The minimum absolute atomic E-state index is 0.388. The summed E-state index contributed by atoms with van der Waals surface area (Å²) in [4.78, 5) is 23.6. The van der Waals surface area contributed by atoms with E-state index in [9.17, 15) is 4.57 Å². The first kappa shape index (κ1) is 29.8. The van der Waals surface area contributed by atoms with Gasteiger partial charge < -0.3 is 29.7 Å². The first-order chi connectivity index (χ1) is 20.6. The van der Waals surface area contributed by atoms with Crippen molar-refractivity contribution in [2.45, 2.75) is 37.6 Å². The van der Waals surface area contributed by atoms with E-state index in [0.29, 0.717) is 39.8 Å². The molecule has 226 valence electrons. The molecule has 0 atom stereocenters. The lowest BCUT2D eigenvalue weighted by Crippen LogP contribution is -2.42. The van der Waals surface area contributed by atoms with Crippen LogP contribution in [0.15, 0.2) is 47.2 Å². The summed E-state index contributed by atoms with van der Waals surface area (Å²) in [6, 6.07) is 10.5. The Bertz CT molecular complexity index is 1700. The van der Waals surface area contributed by atoms with Gasteiger partial charge in [0, 0.05) is 41.6 Å². The van der Waals surface area contributed by atoms with E-state index in [-0.39, 0.29) is 0 Å². The SMILES string of the molecule is COc1nc(N2CCC(N(C)C)CC2)c(C2CC2)cc1Nc1ncc(Br)c(Nc2cnc3ccccc3c2P(C)(C)=O)n1. The third-order valence-corrected chi connectivity index (χ3v) is 10.4. The van der Waals surface area contributed by atoms with E-state index >= 15 is 0 Å². The Hall–Kier alpha value is -3.27. The van der Waals surface area contributed by atoms with Gasteiger partial charge in [0.2, 0.25) is 11.8 Å². The van der Waals surface area contributed by atoms with Gasteiger partial charge in [-0.25, -0.2) is 4.98 Å². The highest BCUT2D eigenvalue weighted by atomic mass is 79.9. The molecule has 1 aromatic carbocycles. The predicted octanol–water partition coefficient (Wildman–Crippen LogP) is 6.33. The van der Waals surface area contributed by atoms with Gasteiger partial charge in [-0.15, -0.1) is 0 Å². The first-order valence-corrected chi connectivity index (χ1v) is 18.0. The zero-order chi connectivity index (χ0) is 30.3. The van der Waals surface area contributed by atoms with Gasteiger partial charge in [-0.05, 0) is 87.1 Å². The molecule has 43 heavy (non-hydrogen) atoms. The fourth-order valence-corrected chi connectivity index (χ4v) is 7.60. The number of benzene rings is 1. The molecule has 0 unspecified atom stereocenters. The molecule has 6 rings (SSSR count). The second-order valence-corrected chi connectivity index (χ2v) is 15.9. The number of rotatable bonds is 9. The Balaban J connectivity index is 1.31. The Kier molecular flexibility index (Phi) is 8.33. The number of pyridine rings is 2. The number of ether oxygens (including phenoxy) is 1. The second kappa shape index (κ2) is 12.0. The van der Waals surface area contributed by atoms with Crippen LogP contribution in [0.4, 0.5) is 29.0 Å². The van der Waals surface area contributed by atoms with Crippen LogP contribution in [0.25, 0.3) is 10.9 Å². The number of halogens is 1. The summed E-state index contributed by atoms with van der Waals surface area (Å²) < 4.78 is 19.9. The van der Waals surface area contributed by atoms with Crippen molar-refractivity contribution >= 4 is 68.2 Å². The first-order valence-electron chi connectivity index (χ1n) is 14.6. The van der Waals surface area contributed by atoms with E-state index in [0.717, 1.165) is 66.5 Å². The van der Waals surface area contributed by atoms with Gasteiger partial charge in [0.15, 0.2) is 0 Å². The molecule has 1 saturated heterocycles. The summed E-state index contributed by atoms with van der Waals surface area (Å²) in [5.41, 5.74) is 3.42. The van der Waals surface area contributed by atoms with Crippen molar-refractivity contribution in [2.75, 3.05) is 63.2 Å². The maximum absolute atomic E-state index is 13.4. The van der Waals surface area contributed by atoms with Crippen LogP contribution in [0.2, 0.25) is 0 Å². The van der Waals surface area contributed by atoms with Crippen molar-refractivity contribution in [3.05, 3.63) is 52.8 Å². The minimum atomic E-state index is -2.67. The van der Waals surface area contributed by atoms with Gasteiger partial charge >= 0.3 is 0 Å². The Labute approximate surface area is 261 Å². The molecule has 1 saturated carbocycles. The van der Waals surface area contributed by atoms with Crippen LogP contribution in [-0.4, -0.2) is 78.5 Å². The number of hydrogen-bond donors (Lipinski definition) is 2. The summed E-state index contributed by atoms with van der Waals surface area (Å²) in [7, 11) is 3.29. The summed E-state index contributed by atoms with van der Waals surface area (Å²) in [6.07, 6.45) is 7.96. The van der Waals surface area contributed by atoms with Gasteiger partial charge in [-0.3, -0.25) is 4.98 Å². The lowest BCUT2D eigenvalue weighted by atomic mass is 10.0. The average Bonchev–Trinajstić information content (AvgIpc) is 3.83. The molecule has 2 fully saturated rings.